The number of halogens is 3. The fourth-order valence-corrected chi connectivity index (χ4v) is 2.81. The average molecular weight is 348 g/mol. The predicted molar refractivity (Wildman–Crippen MR) is 82.8 cm³/mol. The molecule has 2 heterocycles. The van der Waals surface area contributed by atoms with E-state index in [0.29, 0.717) is 5.95 Å². The van der Waals surface area contributed by atoms with Crippen molar-refractivity contribution in [3.63, 3.8) is 0 Å². The molecule has 2 rings (SSSR count). The lowest BCUT2D eigenvalue weighted by Gasteiger charge is -2.37. The molecule has 6 nitrogen and oxygen atoms in total. The number of aromatic nitrogens is 2. The molecular weight excluding hydrogens is 325 g/mol. The second kappa shape index (κ2) is 8.59. The average Bonchev–Trinajstić information content (AvgIpc) is 2.54. The molecule has 1 unspecified atom stereocenters. The van der Waals surface area contributed by atoms with E-state index in [0.717, 1.165) is 25.9 Å². The Morgan fingerprint density at radius 1 is 1.33 bits per heavy atom. The van der Waals surface area contributed by atoms with Gasteiger partial charge in [-0.25, -0.2) is 9.97 Å². The Morgan fingerprint density at radius 2 is 1.96 bits per heavy atom. The molecule has 0 amide bonds. The molecule has 0 bridgehead atoms. The van der Waals surface area contributed by atoms with Gasteiger partial charge in [0, 0.05) is 38.1 Å². The molecule has 9 heteroatoms. The van der Waals surface area contributed by atoms with Gasteiger partial charge in [-0.05, 0) is 26.0 Å². The van der Waals surface area contributed by atoms with E-state index in [2.05, 4.69) is 19.6 Å². The summed E-state index contributed by atoms with van der Waals surface area (Å²) in [6.07, 6.45) is -0.128. The number of anilines is 1. The Labute approximate surface area is 139 Å². The minimum Gasteiger partial charge on any atom is -0.389 e. The summed E-state index contributed by atoms with van der Waals surface area (Å²) in [6.45, 7) is 0.244. The molecule has 1 aliphatic heterocycles. The molecule has 1 N–H and O–H groups in total. The Balaban J connectivity index is 1.69. The third-order valence-electron chi connectivity index (χ3n) is 4.00. The van der Waals surface area contributed by atoms with Crippen LogP contribution in [0, 0.1) is 0 Å². The first-order chi connectivity index (χ1) is 11.3. The van der Waals surface area contributed by atoms with E-state index < -0.39 is 18.9 Å². The number of aliphatic hydroxyl groups excluding tert-OH is 1. The van der Waals surface area contributed by atoms with Crippen LogP contribution in [0.1, 0.15) is 12.8 Å². The highest BCUT2D eigenvalue weighted by Crippen LogP contribution is 2.19. The zero-order valence-corrected chi connectivity index (χ0v) is 13.6. The van der Waals surface area contributed by atoms with Gasteiger partial charge in [-0.2, -0.15) is 13.2 Å². The second-order valence-corrected chi connectivity index (χ2v) is 5.99. The zero-order chi connectivity index (χ0) is 17.6. The van der Waals surface area contributed by atoms with Gasteiger partial charge in [0.2, 0.25) is 5.95 Å². The molecule has 0 aromatic carbocycles. The first-order valence-corrected chi connectivity index (χ1v) is 7.90. The van der Waals surface area contributed by atoms with E-state index in [4.69, 9.17) is 0 Å². The predicted octanol–water partition coefficient (Wildman–Crippen LogP) is 1.32. The van der Waals surface area contributed by atoms with Gasteiger partial charge in [0.1, 0.15) is 6.61 Å². The summed E-state index contributed by atoms with van der Waals surface area (Å²) in [5, 5.41) is 9.81. The maximum absolute atomic E-state index is 12.0. The smallest absolute Gasteiger partial charge is 0.389 e. The van der Waals surface area contributed by atoms with Crippen molar-refractivity contribution < 1.29 is 23.0 Å². The first kappa shape index (κ1) is 18.9. The quantitative estimate of drug-likeness (QED) is 0.802. The van der Waals surface area contributed by atoms with Crippen molar-refractivity contribution in [1.29, 1.82) is 0 Å². The number of piperidine rings is 1. The number of likely N-dealkylation sites (N-methyl/N-ethyl adjacent to an activating group) is 1. The lowest BCUT2D eigenvalue weighted by Crippen LogP contribution is -2.46. The topological polar surface area (TPSA) is 61.7 Å². The number of aliphatic hydroxyl groups is 1. The lowest BCUT2D eigenvalue weighted by atomic mass is 10.0. The number of nitrogens with zero attached hydrogens (tertiary/aromatic N) is 4. The minimum atomic E-state index is -4.36. The van der Waals surface area contributed by atoms with Crippen LogP contribution in [0.5, 0.6) is 0 Å². The van der Waals surface area contributed by atoms with Crippen molar-refractivity contribution >= 4 is 5.95 Å². The molecule has 136 valence electrons. The maximum atomic E-state index is 12.0. The minimum absolute atomic E-state index is 0.266. The number of hydrogen-bond acceptors (Lipinski definition) is 6. The normalized spacial score (nSPS) is 18.2. The third kappa shape index (κ3) is 6.21. The number of alkyl halides is 3. The van der Waals surface area contributed by atoms with Crippen LogP contribution in [0.15, 0.2) is 18.5 Å². The van der Waals surface area contributed by atoms with E-state index in [1.807, 2.05) is 11.9 Å². The Hall–Kier alpha value is -1.45. The molecule has 1 aliphatic rings. The highest BCUT2D eigenvalue weighted by atomic mass is 19.4. The van der Waals surface area contributed by atoms with Crippen LogP contribution in [0.3, 0.4) is 0 Å². The summed E-state index contributed by atoms with van der Waals surface area (Å²) in [5.74, 6) is 0.708. The summed E-state index contributed by atoms with van der Waals surface area (Å²) in [4.78, 5) is 12.5. The monoisotopic (exact) mass is 348 g/mol. The van der Waals surface area contributed by atoms with Crippen LogP contribution in [0.2, 0.25) is 0 Å². The van der Waals surface area contributed by atoms with Gasteiger partial charge in [-0.15, -0.1) is 0 Å². The van der Waals surface area contributed by atoms with Crippen LogP contribution in [0.25, 0.3) is 0 Å². The fourth-order valence-electron chi connectivity index (χ4n) is 2.81. The summed E-state index contributed by atoms with van der Waals surface area (Å²) in [7, 11) is 1.87. The molecule has 0 saturated carbocycles. The summed E-state index contributed by atoms with van der Waals surface area (Å²) < 4.78 is 40.5. The summed E-state index contributed by atoms with van der Waals surface area (Å²) in [6, 6.07) is 2.04. The maximum Gasteiger partial charge on any atom is 0.411 e. The molecule has 1 atom stereocenters. The Bertz CT molecular complexity index is 481. The van der Waals surface area contributed by atoms with E-state index in [1.165, 1.54) is 0 Å². The molecule has 0 spiro atoms. The third-order valence-corrected chi connectivity index (χ3v) is 4.00. The molecule has 1 saturated heterocycles. The van der Waals surface area contributed by atoms with Crippen molar-refractivity contribution in [3.8, 4) is 0 Å². The van der Waals surface area contributed by atoms with Crippen molar-refractivity contribution in [2.24, 2.45) is 0 Å². The van der Waals surface area contributed by atoms with Gasteiger partial charge in [-0.1, -0.05) is 0 Å². The molecule has 1 fully saturated rings. The van der Waals surface area contributed by atoms with E-state index in [-0.39, 0.29) is 19.2 Å². The van der Waals surface area contributed by atoms with E-state index in [1.54, 1.807) is 18.5 Å². The highest BCUT2D eigenvalue weighted by molar-refractivity contribution is 5.29. The highest BCUT2D eigenvalue weighted by Gasteiger charge is 2.28. The van der Waals surface area contributed by atoms with Crippen molar-refractivity contribution in [1.82, 2.24) is 14.9 Å². The van der Waals surface area contributed by atoms with Gasteiger partial charge < -0.3 is 19.6 Å². The van der Waals surface area contributed by atoms with Crippen molar-refractivity contribution in [2.75, 3.05) is 44.8 Å². The second-order valence-electron chi connectivity index (χ2n) is 5.99. The van der Waals surface area contributed by atoms with Crippen LogP contribution < -0.4 is 4.90 Å². The van der Waals surface area contributed by atoms with Crippen LogP contribution in [-0.4, -0.2) is 78.2 Å². The molecule has 1 aromatic heterocycles. The zero-order valence-electron chi connectivity index (χ0n) is 13.6. The fraction of sp³-hybridized carbons (Fsp3) is 0.733. The van der Waals surface area contributed by atoms with Gasteiger partial charge in [0.05, 0.1) is 12.7 Å². The van der Waals surface area contributed by atoms with E-state index in [9.17, 15) is 18.3 Å². The Kier molecular flexibility index (Phi) is 6.76. The Morgan fingerprint density at radius 3 is 2.54 bits per heavy atom. The number of hydrogen-bond donors (Lipinski definition) is 1. The molecule has 0 radical (unpaired) electrons. The molecular formula is C15H23F3N4O2. The van der Waals surface area contributed by atoms with Crippen LogP contribution >= 0.6 is 0 Å². The van der Waals surface area contributed by atoms with Gasteiger partial charge in [0.25, 0.3) is 0 Å². The summed E-state index contributed by atoms with van der Waals surface area (Å²) >= 11 is 0. The van der Waals surface area contributed by atoms with Gasteiger partial charge in [-0.3, -0.25) is 0 Å². The first-order valence-electron chi connectivity index (χ1n) is 7.90. The molecule has 0 aliphatic carbocycles. The SMILES string of the molecule is CN(CC(O)COCC(F)(F)F)C1CCN(c2ncccn2)CC1. The van der Waals surface area contributed by atoms with Crippen molar-refractivity contribution in [3.05, 3.63) is 18.5 Å². The standard InChI is InChI=1S/C15H23F3N4O2/c1-21(9-13(23)10-24-11-15(16,17)18)12-3-7-22(8-4-12)14-19-5-2-6-20-14/h2,5-6,12-13,23H,3-4,7-11H2,1H3. The van der Waals surface area contributed by atoms with E-state index >= 15 is 0 Å². The van der Waals surface area contributed by atoms with Gasteiger partial charge in [0.15, 0.2) is 0 Å². The molecule has 1 aromatic rings. The van der Waals surface area contributed by atoms with Gasteiger partial charge >= 0.3 is 6.18 Å². The molecule has 24 heavy (non-hydrogen) atoms. The van der Waals surface area contributed by atoms with Crippen LogP contribution in [0.4, 0.5) is 19.1 Å². The number of rotatable bonds is 7. The van der Waals surface area contributed by atoms with Crippen molar-refractivity contribution in [2.45, 2.75) is 31.2 Å². The largest absolute Gasteiger partial charge is 0.411 e. The van der Waals surface area contributed by atoms with Crippen LogP contribution in [-0.2, 0) is 4.74 Å². The number of ether oxygens (including phenoxy) is 1. The lowest BCUT2D eigenvalue weighted by molar-refractivity contribution is -0.179. The summed E-state index contributed by atoms with van der Waals surface area (Å²) in [5.41, 5.74) is 0.